The van der Waals surface area contributed by atoms with Crippen molar-refractivity contribution in [1.82, 2.24) is 0 Å². The molecule has 2 rings (SSSR count). The van der Waals surface area contributed by atoms with Crippen LogP contribution >= 0.6 is 0 Å². The molecular formula is C13H22O3S. The Hall–Kier alpha value is -0.380. The third-order valence-electron chi connectivity index (χ3n) is 4.49. The van der Waals surface area contributed by atoms with Gasteiger partial charge in [-0.2, -0.15) is 0 Å². The predicted octanol–water partition coefficient (Wildman–Crippen LogP) is 2.21. The Morgan fingerprint density at radius 2 is 1.82 bits per heavy atom. The summed E-state index contributed by atoms with van der Waals surface area (Å²) in [7, 11) is -2.98. The first-order chi connectivity index (χ1) is 7.72. The molecule has 17 heavy (non-hydrogen) atoms. The second-order valence-electron chi connectivity index (χ2n) is 6.46. The lowest BCUT2D eigenvalue weighted by molar-refractivity contribution is -0.125. The molecule has 0 aromatic carbocycles. The van der Waals surface area contributed by atoms with Gasteiger partial charge in [-0.15, -0.1) is 0 Å². The highest BCUT2D eigenvalue weighted by Crippen LogP contribution is 2.54. The maximum atomic E-state index is 12.3. The number of carbonyl (C=O) groups is 1. The molecule has 0 bridgehead atoms. The molecule has 0 spiro atoms. The Morgan fingerprint density at radius 1 is 1.24 bits per heavy atom. The number of carbonyl (C=O) groups excluding carboxylic acids is 1. The summed E-state index contributed by atoms with van der Waals surface area (Å²) in [6, 6.07) is 0. The second kappa shape index (κ2) is 4.08. The van der Waals surface area contributed by atoms with Crippen molar-refractivity contribution in [2.24, 2.45) is 17.3 Å². The minimum Gasteiger partial charge on any atom is -0.299 e. The first kappa shape index (κ1) is 13.1. The second-order valence-corrected chi connectivity index (χ2v) is 8.79. The molecule has 0 heterocycles. The molecule has 0 aromatic heterocycles. The summed E-state index contributed by atoms with van der Waals surface area (Å²) < 4.78 is 23.1. The molecular weight excluding hydrogens is 236 g/mol. The number of hydrogen-bond donors (Lipinski definition) is 0. The van der Waals surface area contributed by atoms with E-state index >= 15 is 0 Å². The largest absolute Gasteiger partial charge is 0.299 e. The Morgan fingerprint density at radius 3 is 2.29 bits per heavy atom. The van der Waals surface area contributed by atoms with Crippen LogP contribution in [0, 0.1) is 17.3 Å². The lowest BCUT2D eigenvalue weighted by Gasteiger charge is -2.27. The molecule has 2 fully saturated rings. The third-order valence-corrected chi connectivity index (χ3v) is 6.13. The Bertz CT molecular complexity index is 422. The molecule has 3 nitrogen and oxygen atoms in total. The molecule has 4 heteroatoms. The minimum atomic E-state index is -2.98. The average Bonchev–Trinajstić information content (AvgIpc) is 2.86. The van der Waals surface area contributed by atoms with E-state index in [1.807, 2.05) is 0 Å². The number of hydrogen-bond acceptors (Lipinski definition) is 3. The molecule has 3 atom stereocenters. The van der Waals surface area contributed by atoms with E-state index in [1.54, 1.807) is 0 Å². The van der Waals surface area contributed by atoms with Gasteiger partial charge in [0.2, 0.25) is 0 Å². The Balaban J connectivity index is 2.01. The van der Waals surface area contributed by atoms with Crippen molar-refractivity contribution in [3.63, 3.8) is 0 Å². The van der Waals surface area contributed by atoms with Gasteiger partial charge in [0.15, 0.2) is 0 Å². The van der Waals surface area contributed by atoms with E-state index < -0.39 is 9.84 Å². The third kappa shape index (κ3) is 2.72. The standard InChI is InChI=1S/C13H22O3S/c1-13(2)8-11(13)12(14)9-5-4-6-10(7-9)17(3,15)16/h9-11H,4-8H2,1-3H3. The molecule has 0 saturated heterocycles. The molecule has 0 aliphatic heterocycles. The summed E-state index contributed by atoms with van der Waals surface area (Å²) in [5.74, 6) is 0.504. The van der Waals surface area contributed by atoms with Crippen LogP contribution in [0.5, 0.6) is 0 Å². The number of rotatable bonds is 3. The molecule has 0 aromatic rings. The zero-order chi connectivity index (χ0) is 12.8. The SMILES string of the molecule is CC1(C)CC1C(=O)C1CCCC(S(C)(=O)=O)C1. The monoisotopic (exact) mass is 258 g/mol. The zero-order valence-corrected chi connectivity index (χ0v) is 11.7. The summed E-state index contributed by atoms with van der Waals surface area (Å²) >= 11 is 0. The van der Waals surface area contributed by atoms with Crippen LogP contribution in [0.4, 0.5) is 0 Å². The van der Waals surface area contributed by atoms with Crippen LogP contribution in [0.15, 0.2) is 0 Å². The molecule has 0 N–H and O–H groups in total. The number of ketones is 1. The van der Waals surface area contributed by atoms with Crippen molar-refractivity contribution in [2.45, 2.75) is 51.2 Å². The van der Waals surface area contributed by atoms with Gasteiger partial charge in [-0.05, 0) is 31.1 Å². The van der Waals surface area contributed by atoms with Gasteiger partial charge in [-0.25, -0.2) is 8.42 Å². The van der Waals surface area contributed by atoms with Crippen molar-refractivity contribution in [2.75, 3.05) is 6.26 Å². The molecule has 2 aliphatic rings. The quantitative estimate of drug-likeness (QED) is 0.780. The van der Waals surface area contributed by atoms with Crippen LogP contribution in [-0.4, -0.2) is 25.7 Å². The van der Waals surface area contributed by atoms with Crippen LogP contribution in [-0.2, 0) is 14.6 Å². The average molecular weight is 258 g/mol. The predicted molar refractivity (Wildman–Crippen MR) is 67.5 cm³/mol. The van der Waals surface area contributed by atoms with Gasteiger partial charge in [0, 0.05) is 18.1 Å². The van der Waals surface area contributed by atoms with E-state index in [-0.39, 0.29) is 22.5 Å². The van der Waals surface area contributed by atoms with E-state index in [2.05, 4.69) is 13.8 Å². The van der Waals surface area contributed by atoms with Gasteiger partial charge in [0.1, 0.15) is 15.6 Å². The molecule has 98 valence electrons. The van der Waals surface area contributed by atoms with Gasteiger partial charge in [0.25, 0.3) is 0 Å². The molecule has 0 amide bonds. The molecule has 3 unspecified atom stereocenters. The zero-order valence-electron chi connectivity index (χ0n) is 10.9. The summed E-state index contributed by atoms with van der Waals surface area (Å²) in [5, 5.41) is -0.285. The Labute approximate surface area is 104 Å². The van der Waals surface area contributed by atoms with Crippen molar-refractivity contribution in [1.29, 1.82) is 0 Å². The lowest BCUT2D eigenvalue weighted by Crippen LogP contribution is -2.32. The molecule has 2 saturated carbocycles. The maximum Gasteiger partial charge on any atom is 0.150 e. The van der Waals surface area contributed by atoms with Gasteiger partial charge in [-0.1, -0.05) is 20.3 Å². The van der Waals surface area contributed by atoms with E-state index in [0.29, 0.717) is 12.2 Å². The van der Waals surface area contributed by atoms with E-state index in [9.17, 15) is 13.2 Å². The fraction of sp³-hybridized carbons (Fsp3) is 0.923. The van der Waals surface area contributed by atoms with E-state index in [1.165, 1.54) is 6.26 Å². The van der Waals surface area contributed by atoms with Crippen molar-refractivity contribution in [3.05, 3.63) is 0 Å². The van der Waals surface area contributed by atoms with E-state index in [0.717, 1.165) is 25.7 Å². The lowest BCUT2D eigenvalue weighted by atomic mass is 9.83. The minimum absolute atomic E-state index is 0.00440. The van der Waals surface area contributed by atoms with Gasteiger partial charge < -0.3 is 0 Å². The fourth-order valence-corrected chi connectivity index (χ4v) is 4.21. The van der Waals surface area contributed by atoms with Gasteiger partial charge in [-0.3, -0.25) is 4.79 Å². The highest BCUT2D eigenvalue weighted by molar-refractivity contribution is 7.91. The maximum absolute atomic E-state index is 12.3. The smallest absolute Gasteiger partial charge is 0.150 e. The fourth-order valence-electron chi connectivity index (χ4n) is 3.03. The molecule has 0 radical (unpaired) electrons. The molecule has 2 aliphatic carbocycles. The Kier molecular flexibility index (Phi) is 3.13. The normalized spacial score (nSPS) is 36.5. The summed E-state index contributed by atoms with van der Waals surface area (Å²) in [6.45, 7) is 4.23. The van der Waals surface area contributed by atoms with Crippen LogP contribution in [0.25, 0.3) is 0 Å². The van der Waals surface area contributed by atoms with Gasteiger partial charge >= 0.3 is 0 Å². The van der Waals surface area contributed by atoms with Crippen molar-refractivity contribution in [3.8, 4) is 0 Å². The highest BCUT2D eigenvalue weighted by atomic mass is 32.2. The van der Waals surface area contributed by atoms with Crippen LogP contribution in [0.3, 0.4) is 0 Å². The van der Waals surface area contributed by atoms with Gasteiger partial charge in [0.05, 0.1) is 5.25 Å². The van der Waals surface area contributed by atoms with Crippen LogP contribution in [0.2, 0.25) is 0 Å². The van der Waals surface area contributed by atoms with E-state index in [4.69, 9.17) is 0 Å². The highest BCUT2D eigenvalue weighted by Gasteiger charge is 2.52. The summed E-state index contributed by atoms with van der Waals surface area (Å²) in [5.41, 5.74) is 0.162. The van der Waals surface area contributed by atoms with Crippen LogP contribution in [0.1, 0.15) is 46.0 Å². The summed E-state index contributed by atoms with van der Waals surface area (Å²) in [4.78, 5) is 12.3. The number of Topliss-reactive ketones (excluding diaryl/α,β-unsaturated/α-hetero) is 1. The van der Waals surface area contributed by atoms with Crippen molar-refractivity contribution >= 4 is 15.6 Å². The first-order valence-corrected chi connectivity index (χ1v) is 8.40. The summed E-state index contributed by atoms with van der Waals surface area (Å²) in [6.07, 6.45) is 5.33. The van der Waals surface area contributed by atoms with Crippen molar-refractivity contribution < 1.29 is 13.2 Å². The number of sulfone groups is 1. The first-order valence-electron chi connectivity index (χ1n) is 6.44. The van der Waals surface area contributed by atoms with Crippen LogP contribution < -0.4 is 0 Å². The topological polar surface area (TPSA) is 51.2 Å².